The van der Waals surface area contributed by atoms with Gasteiger partial charge in [-0.15, -0.1) is 0 Å². The van der Waals surface area contributed by atoms with Crippen LogP contribution in [0.15, 0.2) is 35.1 Å². The van der Waals surface area contributed by atoms with Crippen LogP contribution in [0.4, 0.5) is 17.1 Å². The van der Waals surface area contributed by atoms with Gasteiger partial charge in [0.1, 0.15) is 5.69 Å². The Balaban J connectivity index is 1.59. The number of anilines is 1. The van der Waals surface area contributed by atoms with Gasteiger partial charge in [0, 0.05) is 60.7 Å². The molecule has 2 aromatic rings. The van der Waals surface area contributed by atoms with Crippen LogP contribution in [0.25, 0.3) is 4.85 Å². The first kappa shape index (κ1) is 24.6. The van der Waals surface area contributed by atoms with E-state index in [-0.39, 0.29) is 40.5 Å². The topological polar surface area (TPSA) is 113 Å². The maximum atomic E-state index is 13.4. The molecular weight excluding hydrogens is 516 g/mol. The fourth-order valence-electron chi connectivity index (χ4n) is 4.60. The summed E-state index contributed by atoms with van der Waals surface area (Å²) in [4.78, 5) is 48.5. The van der Waals surface area contributed by atoms with Crippen molar-refractivity contribution >= 4 is 44.8 Å². The molecule has 2 fully saturated rings. The van der Waals surface area contributed by atoms with Gasteiger partial charge in [-0.25, -0.2) is 4.85 Å². The summed E-state index contributed by atoms with van der Waals surface area (Å²) in [5.41, 5.74) is 0.871. The van der Waals surface area contributed by atoms with Crippen LogP contribution in [0.1, 0.15) is 52.8 Å². The normalized spacial score (nSPS) is 18.0. The number of carbonyl (C=O) groups excluding carboxylic acids is 2. The highest BCUT2D eigenvalue weighted by Gasteiger charge is 2.31. The number of nitrogens with one attached hydrogen (secondary N) is 1. The highest BCUT2D eigenvalue weighted by Crippen LogP contribution is 2.35. The van der Waals surface area contributed by atoms with Gasteiger partial charge in [0.05, 0.1) is 17.1 Å². The van der Waals surface area contributed by atoms with Crippen LogP contribution in [0.5, 0.6) is 0 Å². The van der Waals surface area contributed by atoms with Gasteiger partial charge in [-0.05, 0) is 44.2 Å². The summed E-state index contributed by atoms with van der Waals surface area (Å²) in [6.45, 7) is 9.24. The Morgan fingerprint density at radius 3 is 2.54 bits per heavy atom. The predicted molar refractivity (Wildman–Crippen MR) is 134 cm³/mol. The minimum atomic E-state index is -0.493. The van der Waals surface area contributed by atoms with Gasteiger partial charge in [0.15, 0.2) is 0 Å². The number of carbonyl (C=O) groups is 2. The number of rotatable bonds is 5. The predicted octanol–water partition coefficient (Wildman–Crippen LogP) is 4.65. The number of aromatic nitrogens is 1. The number of nitro benzene ring substituents is 1. The maximum absolute atomic E-state index is 13.4. The minimum Gasteiger partial charge on any atom is -0.374 e. The summed E-state index contributed by atoms with van der Waals surface area (Å²) >= 11 is 3.32. The third-order valence-electron chi connectivity index (χ3n) is 6.31. The van der Waals surface area contributed by atoms with Gasteiger partial charge in [0.25, 0.3) is 17.5 Å². The Morgan fingerprint density at radius 2 is 1.83 bits per heavy atom. The summed E-state index contributed by atoms with van der Waals surface area (Å²) in [5, 5.41) is 15.1. The summed E-state index contributed by atoms with van der Waals surface area (Å²) in [5.74, 6) is -0.480. The molecule has 0 saturated carbocycles. The van der Waals surface area contributed by atoms with Crippen LogP contribution in [-0.4, -0.2) is 63.7 Å². The molecule has 0 radical (unpaired) electrons. The van der Waals surface area contributed by atoms with Gasteiger partial charge in [-0.1, -0.05) is 15.9 Å². The van der Waals surface area contributed by atoms with Crippen molar-refractivity contribution in [2.75, 3.05) is 31.5 Å². The van der Waals surface area contributed by atoms with E-state index >= 15 is 0 Å². The number of amides is 2. The molecule has 0 unspecified atom stereocenters. The lowest BCUT2D eigenvalue weighted by atomic mass is 10.0. The second-order valence-corrected chi connectivity index (χ2v) is 9.65. The number of likely N-dealkylation sites (tertiary alicyclic amines) is 2. The first-order valence-corrected chi connectivity index (χ1v) is 12.3. The zero-order valence-corrected chi connectivity index (χ0v) is 20.7. The third kappa shape index (κ3) is 5.59. The lowest BCUT2D eigenvalue weighted by Crippen LogP contribution is -2.45. The summed E-state index contributed by atoms with van der Waals surface area (Å²) in [7, 11) is 0. The monoisotopic (exact) mass is 540 g/mol. The molecule has 2 aliphatic rings. The lowest BCUT2D eigenvalue weighted by molar-refractivity contribution is -0.384. The number of hydrogen-bond acceptors (Lipinski definition) is 6. The fourth-order valence-corrected chi connectivity index (χ4v) is 5.04. The van der Waals surface area contributed by atoms with E-state index in [9.17, 15) is 19.7 Å². The van der Waals surface area contributed by atoms with Gasteiger partial charge < -0.3 is 15.1 Å². The molecule has 1 aromatic heterocycles. The Morgan fingerprint density at radius 1 is 1.09 bits per heavy atom. The van der Waals surface area contributed by atoms with Crippen molar-refractivity contribution in [1.82, 2.24) is 14.8 Å². The standard InChI is InChI=1S/C24H25BrN6O4/c1-26-19-10-16(13-27-14-19)23(32)30-9-5-6-18(15-30)28-22-20(11-17(25)12-21(22)31(34)35)24(33)29-7-3-2-4-8-29/h10-14,18,28H,2-9,15H2/t18-/m1/s1. The quantitative estimate of drug-likeness (QED) is 0.335. The molecule has 10 nitrogen and oxygen atoms in total. The van der Waals surface area contributed by atoms with Gasteiger partial charge >= 0.3 is 0 Å². The van der Waals surface area contributed by atoms with Crippen molar-refractivity contribution in [3.8, 4) is 0 Å². The zero-order valence-electron chi connectivity index (χ0n) is 19.1. The van der Waals surface area contributed by atoms with Crippen molar-refractivity contribution < 1.29 is 14.5 Å². The van der Waals surface area contributed by atoms with Crippen molar-refractivity contribution in [3.63, 3.8) is 0 Å². The Hall–Kier alpha value is -3.52. The van der Waals surface area contributed by atoms with E-state index in [2.05, 4.69) is 31.1 Å². The first-order chi connectivity index (χ1) is 16.9. The number of nitrogens with zero attached hydrogens (tertiary/aromatic N) is 5. The van der Waals surface area contributed by atoms with Crippen molar-refractivity contribution in [1.29, 1.82) is 0 Å². The molecule has 35 heavy (non-hydrogen) atoms. The highest BCUT2D eigenvalue weighted by molar-refractivity contribution is 9.10. The molecular formula is C24H25BrN6O4. The Labute approximate surface area is 211 Å². The smallest absolute Gasteiger partial charge is 0.294 e. The van der Waals surface area contributed by atoms with Crippen LogP contribution in [0.3, 0.4) is 0 Å². The molecule has 2 aliphatic heterocycles. The van der Waals surface area contributed by atoms with Crippen LogP contribution < -0.4 is 5.32 Å². The molecule has 0 spiro atoms. The number of hydrogen-bond donors (Lipinski definition) is 1. The molecule has 1 N–H and O–H groups in total. The van der Waals surface area contributed by atoms with E-state index in [4.69, 9.17) is 6.57 Å². The Bertz CT molecular complexity index is 1190. The summed E-state index contributed by atoms with van der Waals surface area (Å²) < 4.78 is 0.461. The molecule has 4 rings (SSSR count). The largest absolute Gasteiger partial charge is 0.374 e. The number of halogens is 1. The van der Waals surface area contributed by atoms with Crippen LogP contribution in [0.2, 0.25) is 0 Å². The second kappa shape index (κ2) is 10.8. The number of piperidine rings is 2. The molecule has 0 aliphatic carbocycles. The van der Waals surface area contributed by atoms with Crippen molar-refractivity contribution in [3.05, 3.63) is 67.7 Å². The average Bonchev–Trinajstić information content (AvgIpc) is 2.89. The van der Waals surface area contributed by atoms with Crippen LogP contribution >= 0.6 is 15.9 Å². The van der Waals surface area contributed by atoms with Crippen LogP contribution in [0, 0.1) is 16.7 Å². The average molecular weight is 541 g/mol. The van der Waals surface area contributed by atoms with Crippen LogP contribution in [-0.2, 0) is 0 Å². The van der Waals surface area contributed by atoms with E-state index in [0.29, 0.717) is 49.1 Å². The highest BCUT2D eigenvalue weighted by atomic mass is 79.9. The van der Waals surface area contributed by atoms with E-state index < -0.39 is 4.92 Å². The number of pyridine rings is 1. The molecule has 0 bridgehead atoms. The molecule has 3 heterocycles. The molecule has 182 valence electrons. The summed E-state index contributed by atoms with van der Waals surface area (Å²) in [6, 6.07) is 4.24. The minimum absolute atomic E-state index is 0.183. The number of benzene rings is 1. The van der Waals surface area contributed by atoms with Gasteiger partial charge in [-0.3, -0.25) is 24.7 Å². The third-order valence-corrected chi connectivity index (χ3v) is 6.77. The first-order valence-electron chi connectivity index (χ1n) is 11.5. The molecule has 2 saturated heterocycles. The van der Waals surface area contributed by atoms with E-state index in [1.807, 2.05) is 0 Å². The second-order valence-electron chi connectivity index (χ2n) is 8.74. The molecule has 2 amide bonds. The van der Waals surface area contributed by atoms with E-state index in [1.165, 1.54) is 24.5 Å². The number of nitro groups is 1. The van der Waals surface area contributed by atoms with Gasteiger partial charge in [0.2, 0.25) is 5.69 Å². The van der Waals surface area contributed by atoms with E-state index in [1.54, 1.807) is 15.9 Å². The van der Waals surface area contributed by atoms with Gasteiger partial charge in [-0.2, -0.15) is 0 Å². The summed E-state index contributed by atoms with van der Waals surface area (Å²) in [6.07, 6.45) is 7.10. The molecule has 11 heteroatoms. The zero-order chi connectivity index (χ0) is 24.9. The lowest BCUT2D eigenvalue weighted by Gasteiger charge is -2.34. The van der Waals surface area contributed by atoms with Crippen molar-refractivity contribution in [2.24, 2.45) is 0 Å². The molecule has 1 aromatic carbocycles. The van der Waals surface area contributed by atoms with Crippen molar-refractivity contribution in [2.45, 2.75) is 38.1 Å². The molecule has 1 atom stereocenters. The fraction of sp³-hybridized carbons (Fsp3) is 0.417. The SMILES string of the molecule is [C-]#[N+]c1cncc(C(=O)N2CCC[C@@H](Nc3c(C(=O)N4CCCCC4)cc(Br)cc3[N+](=O)[O-])C2)c1. The Kier molecular flexibility index (Phi) is 7.60. The maximum Gasteiger partial charge on any atom is 0.294 e. The van der Waals surface area contributed by atoms with E-state index in [0.717, 1.165) is 19.3 Å².